The highest BCUT2D eigenvalue weighted by Crippen LogP contribution is 2.32. The fraction of sp³-hybridized carbons (Fsp3) is 0.579. The molecule has 114 valence electrons. The predicted molar refractivity (Wildman–Crippen MR) is 90.0 cm³/mol. The first-order chi connectivity index (χ1) is 10.1. The number of hydrogen-bond acceptors (Lipinski definition) is 1. The van der Waals surface area contributed by atoms with E-state index in [1.165, 1.54) is 24.8 Å². The van der Waals surface area contributed by atoms with Crippen LogP contribution in [0.1, 0.15) is 50.7 Å². The number of aryl methyl sites for hydroxylation is 1. The quantitative estimate of drug-likeness (QED) is 0.552. The second-order valence-electron chi connectivity index (χ2n) is 6.38. The van der Waals surface area contributed by atoms with Gasteiger partial charge in [-0.15, -0.1) is 11.6 Å². The van der Waals surface area contributed by atoms with Crippen molar-refractivity contribution in [3.8, 4) is 17.6 Å². The van der Waals surface area contributed by atoms with Gasteiger partial charge in [0.05, 0.1) is 6.10 Å². The molecule has 1 saturated carbocycles. The average Bonchev–Trinajstić information content (AvgIpc) is 2.41. The Hall–Kier alpha value is -1.13. The summed E-state index contributed by atoms with van der Waals surface area (Å²) in [7, 11) is 0. The zero-order valence-electron chi connectivity index (χ0n) is 13.3. The molecule has 21 heavy (non-hydrogen) atoms. The molecule has 2 unspecified atom stereocenters. The molecule has 1 aliphatic rings. The lowest BCUT2D eigenvalue weighted by Gasteiger charge is -2.32. The Labute approximate surface area is 134 Å². The molecule has 1 fully saturated rings. The molecule has 0 aromatic heterocycles. The average molecular weight is 305 g/mol. The van der Waals surface area contributed by atoms with Crippen molar-refractivity contribution in [2.24, 2.45) is 11.8 Å². The van der Waals surface area contributed by atoms with Gasteiger partial charge in [-0.25, -0.2) is 0 Å². The van der Waals surface area contributed by atoms with Gasteiger partial charge in [-0.05, 0) is 61.8 Å². The summed E-state index contributed by atoms with van der Waals surface area (Å²) in [5, 5.41) is 0. The summed E-state index contributed by atoms with van der Waals surface area (Å²) in [5.41, 5.74) is 2.20. The van der Waals surface area contributed by atoms with E-state index in [0.717, 1.165) is 29.6 Å². The van der Waals surface area contributed by atoms with Gasteiger partial charge < -0.3 is 4.74 Å². The Morgan fingerprint density at radius 1 is 1.19 bits per heavy atom. The van der Waals surface area contributed by atoms with Crippen LogP contribution in [-0.2, 0) is 0 Å². The van der Waals surface area contributed by atoms with E-state index in [9.17, 15) is 0 Å². The highest BCUT2D eigenvalue weighted by molar-refractivity contribution is 6.18. The van der Waals surface area contributed by atoms with Gasteiger partial charge in [0, 0.05) is 17.9 Å². The number of alkyl halides is 1. The number of ether oxygens (including phenoxy) is 1. The highest BCUT2D eigenvalue weighted by atomic mass is 35.5. The van der Waals surface area contributed by atoms with Crippen LogP contribution < -0.4 is 4.74 Å². The Morgan fingerprint density at radius 3 is 2.52 bits per heavy atom. The first kappa shape index (κ1) is 16.2. The summed E-state index contributed by atoms with van der Waals surface area (Å²) >= 11 is 5.63. The number of rotatable bonds is 3. The van der Waals surface area contributed by atoms with Crippen molar-refractivity contribution < 1.29 is 4.74 Å². The fourth-order valence-electron chi connectivity index (χ4n) is 3.22. The summed E-state index contributed by atoms with van der Waals surface area (Å²) < 4.78 is 6.24. The van der Waals surface area contributed by atoms with Gasteiger partial charge in [0.1, 0.15) is 5.75 Å². The maximum Gasteiger partial charge on any atom is 0.122 e. The third-order valence-electron chi connectivity index (χ3n) is 4.06. The molecule has 0 radical (unpaired) electrons. The second-order valence-corrected chi connectivity index (χ2v) is 6.76. The largest absolute Gasteiger partial charge is 0.490 e. The fourth-order valence-corrected chi connectivity index (χ4v) is 3.31. The molecule has 0 spiro atoms. The zero-order chi connectivity index (χ0) is 15.2. The van der Waals surface area contributed by atoms with E-state index in [1.54, 1.807) is 0 Å². The molecule has 2 atom stereocenters. The zero-order valence-corrected chi connectivity index (χ0v) is 14.0. The minimum atomic E-state index is 0.357. The summed E-state index contributed by atoms with van der Waals surface area (Å²) in [6.07, 6.45) is 4.75. The summed E-state index contributed by atoms with van der Waals surface area (Å²) in [4.78, 5) is 0. The van der Waals surface area contributed by atoms with E-state index >= 15 is 0 Å². The van der Waals surface area contributed by atoms with E-state index in [2.05, 4.69) is 44.7 Å². The van der Waals surface area contributed by atoms with Crippen molar-refractivity contribution in [2.45, 2.75) is 52.6 Å². The van der Waals surface area contributed by atoms with Crippen LogP contribution in [0.3, 0.4) is 0 Å². The van der Waals surface area contributed by atoms with Crippen molar-refractivity contribution in [1.29, 1.82) is 0 Å². The second kappa shape index (κ2) is 7.76. The minimum Gasteiger partial charge on any atom is -0.490 e. The molecule has 0 saturated heterocycles. The summed E-state index contributed by atoms with van der Waals surface area (Å²) in [6, 6.07) is 6.20. The van der Waals surface area contributed by atoms with Gasteiger partial charge in [-0.3, -0.25) is 0 Å². The van der Waals surface area contributed by atoms with Crippen LogP contribution in [0.4, 0.5) is 0 Å². The van der Waals surface area contributed by atoms with Crippen LogP contribution in [0.2, 0.25) is 0 Å². The molecule has 0 N–H and O–H groups in total. The smallest absolute Gasteiger partial charge is 0.122 e. The van der Waals surface area contributed by atoms with Crippen LogP contribution in [0, 0.1) is 30.6 Å². The molecule has 0 aliphatic heterocycles. The van der Waals surface area contributed by atoms with Crippen LogP contribution in [0.5, 0.6) is 5.75 Å². The summed E-state index contributed by atoms with van der Waals surface area (Å²) in [6.45, 7) is 6.75. The predicted octanol–water partition coefficient (Wildman–Crippen LogP) is 5.18. The lowest BCUT2D eigenvalue weighted by molar-refractivity contribution is 0.100. The van der Waals surface area contributed by atoms with E-state index in [0.29, 0.717) is 12.0 Å². The van der Waals surface area contributed by atoms with Gasteiger partial charge in [0.25, 0.3) is 0 Å². The standard InChI is InChI=1S/C19H25ClO/c1-14-10-15(2)12-18(11-14)21-19-8-7-17(13-16(19)3)6-4-5-9-20/h7-8,13-15,18H,5,9-12H2,1-3H3. The van der Waals surface area contributed by atoms with Gasteiger partial charge in [0.15, 0.2) is 0 Å². The van der Waals surface area contributed by atoms with Gasteiger partial charge in [-0.1, -0.05) is 25.7 Å². The molecule has 2 heteroatoms. The van der Waals surface area contributed by atoms with E-state index in [1.807, 2.05) is 6.07 Å². The molecular weight excluding hydrogens is 280 g/mol. The van der Waals surface area contributed by atoms with Crippen LogP contribution in [0.25, 0.3) is 0 Å². The third-order valence-corrected chi connectivity index (χ3v) is 4.25. The lowest BCUT2D eigenvalue weighted by atomic mass is 9.82. The van der Waals surface area contributed by atoms with Crippen molar-refractivity contribution in [2.75, 3.05) is 5.88 Å². The monoisotopic (exact) mass is 304 g/mol. The van der Waals surface area contributed by atoms with E-state index in [4.69, 9.17) is 16.3 Å². The molecule has 1 aromatic rings. The Kier molecular flexibility index (Phi) is 6.00. The van der Waals surface area contributed by atoms with Crippen LogP contribution in [0.15, 0.2) is 18.2 Å². The normalized spacial score (nSPS) is 25.0. The highest BCUT2D eigenvalue weighted by Gasteiger charge is 2.25. The van der Waals surface area contributed by atoms with E-state index < -0.39 is 0 Å². The Morgan fingerprint density at radius 2 is 1.90 bits per heavy atom. The number of halogens is 1. The third kappa shape index (κ3) is 4.97. The first-order valence-corrected chi connectivity index (χ1v) is 8.44. The molecule has 2 rings (SSSR count). The number of benzene rings is 1. The Balaban J connectivity index is 2.02. The molecular formula is C19H25ClO. The van der Waals surface area contributed by atoms with Crippen molar-refractivity contribution in [3.05, 3.63) is 29.3 Å². The maximum absolute atomic E-state index is 6.24. The molecule has 0 bridgehead atoms. The Bertz CT molecular complexity index is 516. The van der Waals surface area contributed by atoms with Gasteiger partial charge in [-0.2, -0.15) is 0 Å². The topological polar surface area (TPSA) is 9.23 Å². The van der Waals surface area contributed by atoms with Crippen molar-refractivity contribution in [1.82, 2.24) is 0 Å². The van der Waals surface area contributed by atoms with Crippen molar-refractivity contribution in [3.63, 3.8) is 0 Å². The minimum absolute atomic E-state index is 0.357. The molecule has 1 nitrogen and oxygen atoms in total. The summed E-state index contributed by atoms with van der Waals surface area (Å²) in [5.74, 6) is 9.33. The van der Waals surface area contributed by atoms with Crippen molar-refractivity contribution >= 4 is 11.6 Å². The molecule has 0 amide bonds. The molecule has 0 heterocycles. The SMILES string of the molecule is Cc1cc(C#CCCCl)ccc1OC1CC(C)CC(C)C1. The lowest BCUT2D eigenvalue weighted by Crippen LogP contribution is -2.28. The van der Waals surface area contributed by atoms with E-state index in [-0.39, 0.29) is 0 Å². The first-order valence-electron chi connectivity index (χ1n) is 7.90. The molecule has 1 aromatic carbocycles. The van der Waals surface area contributed by atoms with Crippen LogP contribution >= 0.6 is 11.6 Å². The van der Waals surface area contributed by atoms with Crippen LogP contribution in [-0.4, -0.2) is 12.0 Å². The van der Waals surface area contributed by atoms with Gasteiger partial charge in [0.2, 0.25) is 0 Å². The van der Waals surface area contributed by atoms with Gasteiger partial charge >= 0.3 is 0 Å². The molecule has 1 aliphatic carbocycles. The number of hydrogen-bond donors (Lipinski definition) is 0. The maximum atomic E-state index is 6.24.